The molecule has 0 aliphatic heterocycles. The van der Waals surface area contributed by atoms with Crippen LogP contribution in [0.4, 0.5) is 0 Å². The second kappa shape index (κ2) is 5.04. The van der Waals surface area contributed by atoms with E-state index in [1.54, 1.807) is 46.3 Å². The molecule has 1 rings (SSSR count). The molecule has 0 heterocycles. The van der Waals surface area contributed by atoms with Crippen LogP contribution in [0.5, 0.6) is 5.75 Å². The van der Waals surface area contributed by atoms with E-state index >= 15 is 0 Å². The fourth-order valence-corrected chi connectivity index (χ4v) is 1.70. The lowest BCUT2D eigenvalue weighted by Gasteiger charge is -2.31. The molecule has 0 aromatic heterocycles. The van der Waals surface area contributed by atoms with Crippen LogP contribution in [0.3, 0.4) is 0 Å². The molecule has 0 aliphatic rings. The van der Waals surface area contributed by atoms with Crippen LogP contribution in [-0.4, -0.2) is 25.4 Å². The van der Waals surface area contributed by atoms with Gasteiger partial charge in [0.2, 0.25) is 0 Å². The van der Waals surface area contributed by atoms with E-state index in [-0.39, 0.29) is 6.10 Å². The summed E-state index contributed by atoms with van der Waals surface area (Å²) in [6, 6.07) is 5.14. The molecule has 0 fully saturated rings. The third kappa shape index (κ3) is 2.48. The fraction of sp³-hybridized carbons (Fsp3) is 0.500. The van der Waals surface area contributed by atoms with Crippen LogP contribution < -0.4 is 4.74 Å². The first kappa shape index (κ1) is 13.3. The zero-order chi connectivity index (χ0) is 12.3. The Balaban J connectivity index is 3.24. The van der Waals surface area contributed by atoms with Gasteiger partial charge in [0, 0.05) is 17.7 Å². The van der Waals surface area contributed by atoms with Crippen molar-refractivity contribution in [3.63, 3.8) is 0 Å². The van der Waals surface area contributed by atoms with Crippen molar-refractivity contribution in [2.45, 2.75) is 25.6 Å². The molecule has 0 amide bonds. The molecule has 16 heavy (non-hydrogen) atoms. The zero-order valence-corrected chi connectivity index (χ0v) is 10.7. The number of rotatable bonds is 4. The number of ether oxygens (including phenoxy) is 2. The fourth-order valence-electron chi connectivity index (χ4n) is 1.52. The number of hydrogen-bond donors (Lipinski definition) is 1. The summed E-state index contributed by atoms with van der Waals surface area (Å²) in [5, 5.41) is 11.0. The molecule has 4 heteroatoms. The normalized spacial score (nSPS) is 16.6. The summed E-state index contributed by atoms with van der Waals surface area (Å²) in [5.74, 6) is 0.596. The van der Waals surface area contributed by atoms with E-state index in [1.807, 2.05) is 0 Å². The summed E-state index contributed by atoms with van der Waals surface area (Å²) in [5.41, 5.74) is -0.526. The van der Waals surface area contributed by atoms with Crippen LogP contribution in [0, 0.1) is 0 Å². The van der Waals surface area contributed by atoms with Gasteiger partial charge in [0.25, 0.3) is 0 Å². The summed E-state index contributed by atoms with van der Waals surface area (Å²) in [6.45, 7) is 3.47. The second-order valence-corrected chi connectivity index (χ2v) is 4.31. The maximum Gasteiger partial charge on any atom is 0.125 e. The van der Waals surface area contributed by atoms with Gasteiger partial charge >= 0.3 is 0 Å². The highest BCUT2D eigenvalue weighted by Crippen LogP contribution is 2.35. The van der Waals surface area contributed by atoms with Crippen molar-refractivity contribution in [1.82, 2.24) is 0 Å². The number of halogens is 1. The lowest BCUT2D eigenvalue weighted by molar-refractivity contribution is -0.0782. The highest BCUT2D eigenvalue weighted by atomic mass is 35.5. The Labute approximate surface area is 101 Å². The largest absolute Gasteiger partial charge is 0.496 e. The molecule has 0 spiro atoms. The van der Waals surface area contributed by atoms with Crippen molar-refractivity contribution in [1.29, 1.82) is 0 Å². The molecule has 1 N–H and O–H groups in total. The van der Waals surface area contributed by atoms with Crippen molar-refractivity contribution in [3.05, 3.63) is 28.8 Å². The smallest absolute Gasteiger partial charge is 0.125 e. The summed E-state index contributed by atoms with van der Waals surface area (Å²) in [6.07, 6.45) is -0.361. The SMILES string of the molecule is COc1ccc(Cl)cc1C(C)(O)C(C)OC. The van der Waals surface area contributed by atoms with Crippen molar-refractivity contribution in [3.8, 4) is 5.75 Å². The molecule has 0 bridgehead atoms. The minimum Gasteiger partial charge on any atom is -0.496 e. The molecular formula is C12H17ClO3. The van der Waals surface area contributed by atoms with Crippen LogP contribution in [-0.2, 0) is 10.3 Å². The van der Waals surface area contributed by atoms with E-state index in [0.29, 0.717) is 16.3 Å². The van der Waals surface area contributed by atoms with Crippen molar-refractivity contribution < 1.29 is 14.6 Å². The Hall–Kier alpha value is -0.770. The minimum atomic E-state index is -1.15. The average Bonchev–Trinajstić information content (AvgIpc) is 2.27. The molecule has 2 unspecified atom stereocenters. The average molecular weight is 245 g/mol. The lowest BCUT2D eigenvalue weighted by atomic mass is 9.90. The maximum absolute atomic E-state index is 10.4. The molecule has 0 saturated heterocycles. The Morgan fingerprint density at radius 2 is 2.00 bits per heavy atom. The standard InChI is InChI=1S/C12H17ClO3/c1-8(15-3)12(2,14)10-7-9(13)5-6-11(10)16-4/h5-8,14H,1-4H3. The van der Waals surface area contributed by atoms with Crippen LogP contribution in [0.25, 0.3) is 0 Å². The Kier molecular flexibility index (Phi) is 4.19. The van der Waals surface area contributed by atoms with Crippen LogP contribution in [0.1, 0.15) is 19.4 Å². The van der Waals surface area contributed by atoms with Gasteiger partial charge in [-0.3, -0.25) is 0 Å². The first-order chi connectivity index (χ1) is 7.43. The number of aliphatic hydroxyl groups is 1. The lowest BCUT2D eigenvalue weighted by Crippen LogP contribution is -2.36. The third-order valence-corrected chi connectivity index (χ3v) is 3.09. The van der Waals surface area contributed by atoms with Gasteiger partial charge in [-0.05, 0) is 32.0 Å². The maximum atomic E-state index is 10.4. The molecule has 1 aromatic rings. The molecule has 90 valence electrons. The van der Waals surface area contributed by atoms with Gasteiger partial charge < -0.3 is 14.6 Å². The molecule has 3 nitrogen and oxygen atoms in total. The predicted molar refractivity (Wildman–Crippen MR) is 64.0 cm³/mol. The first-order valence-electron chi connectivity index (χ1n) is 5.02. The van der Waals surface area contributed by atoms with E-state index in [1.165, 1.54) is 0 Å². The number of methoxy groups -OCH3 is 2. The van der Waals surface area contributed by atoms with Gasteiger partial charge in [0.05, 0.1) is 13.2 Å². The van der Waals surface area contributed by atoms with Gasteiger partial charge in [-0.15, -0.1) is 0 Å². The number of hydrogen-bond acceptors (Lipinski definition) is 3. The Morgan fingerprint density at radius 3 is 2.50 bits per heavy atom. The highest BCUT2D eigenvalue weighted by Gasteiger charge is 2.33. The van der Waals surface area contributed by atoms with E-state index in [2.05, 4.69) is 0 Å². The minimum absolute atomic E-state index is 0.361. The van der Waals surface area contributed by atoms with Gasteiger partial charge in [0.1, 0.15) is 11.4 Å². The van der Waals surface area contributed by atoms with Gasteiger partial charge in [0.15, 0.2) is 0 Å². The summed E-state index contributed by atoms with van der Waals surface area (Å²) in [4.78, 5) is 0. The molecular weight excluding hydrogens is 228 g/mol. The molecule has 0 radical (unpaired) electrons. The topological polar surface area (TPSA) is 38.7 Å². The van der Waals surface area contributed by atoms with Crippen molar-refractivity contribution in [2.24, 2.45) is 0 Å². The van der Waals surface area contributed by atoms with E-state index < -0.39 is 5.60 Å². The van der Waals surface area contributed by atoms with Crippen LogP contribution in [0.15, 0.2) is 18.2 Å². The predicted octanol–water partition coefficient (Wildman–Crippen LogP) is 2.59. The van der Waals surface area contributed by atoms with Gasteiger partial charge in [-0.1, -0.05) is 11.6 Å². The second-order valence-electron chi connectivity index (χ2n) is 3.87. The summed E-state index contributed by atoms with van der Waals surface area (Å²) >= 11 is 5.92. The number of benzene rings is 1. The summed E-state index contributed by atoms with van der Waals surface area (Å²) < 4.78 is 10.4. The molecule has 1 aromatic carbocycles. The highest BCUT2D eigenvalue weighted by molar-refractivity contribution is 6.30. The molecule has 2 atom stereocenters. The van der Waals surface area contributed by atoms with E-state index in [4.69, 9.17) is 21.1 Å². The first-order valence-corrected chi connectivity index (χ1v) is 5.40. The quantitative estimate of drug-likeness (QED) is 0.885. The van der Waals surface area contributed by atoms with Crippen LogP contribution >= 0.6 is 11.6 Å². The van der Waals surface area contributed by atoms with Crippen molar-refractivity contribution in [2.75, 3.05) is 14.2 Å². The zero-order valence-electron chi connectivity index (χ0n) is 9.95. The van der Waals surface area contributed by atoms with E-state index in [9.17, 15) is 5.11 Å². The monoisotopic (exact) mass is 244 g/mol. The van der Waals surface area contributed by atoms with Crippen molar-refractivity contribution >= 4 is 11.6 Å². The van der Waals surface area contributed by atoms with Crippen LogP contribution in [0.2, 0.25) is 5.02 Å². The molecule has 0 aliphatic carbocycles. The third-order valence-electron chi connectivity index (χ3n) is 2.85. The van der Waals surface area contributed by atoms with Gasteiger partial charge in [-0.2, -0.15) is 0 Å². The molecule has 0 saturated carbocycles. The van der Waals surface area contributed by atoms with Gasteiger partial charge in [-0.25, -0.2) is 0 Å². The Bertz CT molecular complexity index is 363. The Morgan fingerprint density at radius 1 is 1.38 bits per heavy atom. The van der Waals surface area contributed by atoms with E-state index in [0.717, 1.165) is 0 Å². The summed E-state index contributed by atoms with van der Waals surface area (Å²) in [7, 11) is 3.11.